The normalized spacial score (nSPS) is 11.6. The minimum atomic E-state index is -4.39. The molecule has 0 unspecified atom stereocenters. The van der Waals surface area contributed by atoms with Gasteiger partial charge in [-0.05, 0) is 60.7 Å². The first-order chi connectivity index (χ1) is 20.9. The molecule has 0 saturated carbocycles. The number of benzene rings is 4. The van der Waals surface area contributed by atoms with Crippen LogP contribution in [0.1, 0.15) is 0 Å². The van der Waals surface area contributed by atoms with Gasteiger partial charge in [-0.3, -0.25) is 9.11 Å². The van der Waals surface area contributed by atoms with E-state index in [-0.39, 0.29) is 62.2 Å². The van der Waals surface area contributed by atoms with E-state index in [0.29, 0.717) is 22.7 Å². The van der Waals surface area contributed by atoms with Crippen molar-refractivity contribution in [1.29, 1.82) is 0 Å². The fourth-order valence-electron chi connectivity index (χ4n) is 3.61. The van der Waals surface area contributed by atoms with Gasteiger partial charge < -0.3 is 20.1 Å². The Morgan fingerprint density at radius 1 is 0.600 bits per heavy atom. The van der Waals surface area contributed by atoms with Gasteiger partial charge in [0.05, 0.1) is 58.1 Å². The van der Waals surface area contributed by atoms with Crippen LogP contribution in [0.25, 0.3) is 0 Å². The molecule has 0 radical (unpaired) electrons. The van der Waals surface area contributed by atoms with E-state index < -0.39 is 26.3 Å². The molecule has 0 bridgehead atoms. The standard InChI is InChI=1S/C27H24N6O9S2.Na/c1-41-25-15-19(32-30-17-5-3-7-21(13-17)43(35,36)37)9-11-23(25)28-27(34)29-24-12-10-20(16-26(24)42-2)33-31-18-6-4-8-22(14-18)44(38,39)40;/h3-16H,1-2H3,(H2,28,29,34)(H,35,36,37)(H,38,39,40);/q;+1. The van der Waals surface area contributed by atoms with Gasteiger partial charge in [-0.15, -0.1) is 0 Å². The van der Waals surface area contributed by atoms with Crippen molar-refractivity contribution >= 4 is 60.4 Å². The maximum atomic E-state index is 12.8. The number of carbonyl (C=O) groups excluding carboxylic acids is 1. The molecule has 45 heavy (non-hydrogen) atoms. The number of azo groups is 2. The Kier molecular flexibility index (Phi) is 11.9. The number of nitrogens with zero attached hydrogens (tertiary/aromatic N) is 4. The Morgan fingerprint density at radius 2 is 0.956 bits per heavy atom. The quantitative estimate of drug-likeness (QED) is 0.110. The third-order valence-corrected chi connectivity index (χ3v) is 7.36. The minimum Gasteiger partial charge on any atom is -0.494 e. The van der Waals surface area contributed by atoms with Crippen molar-refractivity contribution in [3.8, 4) is 11.5 Å². The molecule has 0 aromatic heterocycles. The molecule has 15 nitrogen and oxygen atoms in total. The second-order valence-electron chi connectivity index (χ2n) is 8.69. The zero-order valence-electron chi connectivity index (χ0n) is 23.9. The monoisotopic (exact) mass is 663 g/mol. The first kappa shape index (κ1) is 35.3. The van der Waals surface area contributed by atoms with Crippen LogP contribution in [0.5, 0.6) is 11.5 Å². The average molecular weight is 664 g/mol. The van der Waals surface area contributed by atoms with E-state index in [1.165, 1.54) is 74.9 Å². The first-order valence-corrected chi connectivity index (χ1v) is 15.2. The molecule has 4 aromatic carbocycles. The Morgan fingerprint density at radius 3 is 1.29 bits per heavy atom. The molecule has 0 aliphatic carbocycles. The van der Waals surface area contributed by atoms with E-state index in [2.05, 4.69) is 31.1 Å². The van der Waals surface area contributed by atoms with E-state index in [0.717, 1.165) is 12.1 Å². The van der Waals surface area contributed by atoms with Crippen molar-refractivity contribution in [2.75, 3.05) is 24.9 Å². The van der Waals surface area contributed by atoms with Crippen molar-refractivity contribution in [2.24, 2.45) is 20.5 Å². The molecule has 0 aliphatic heterocycles. The van der Waals surface area contributed by atoms with Gasteiger partial charge in [-0.2, -0.15) is 37.3 Å². The van der Waals surface area contributed by atoms with Crippen LogP contribution in [-0.4, -0.2) is 46.2 Å². The molecule has 4 rings (SSSR count). The second kappa shape index (κ2) is 15.2. The van der Waals surface area contributed by atoms with Gasteiger partial charge in [-0.1, -0.05) is 12.1 Å². The van der Waals surface area contributed by atoms with Crippen molar-refractivity contribution in [2.45, 2.75) is 9.79 Å². The van der Waals surface area contributed by atoms with Gasteiger partial charge in [0.1, 0.15) is 11.5 Å². The minimum absolute atomic E-state index is 0. The van der Waals surface area contributed by atoms with Crippen LogP contribution in [0.2, 0.25) is 0 Å². The largest absolute Gasteiger partial charge is 1.00 e. The van der Waals surface area contributed by atoms with Gasteiger partial charge in [0.25, 0.3) is 20.2 Å². The van der Waals surface area contributed by atoms with Crippen molar-refractivity contribution < 1.29 is 69.8 Å². The molecule has 18 heteroatoms. The summed E-state index contributed by atoms with van der Waals surface area (Å²) in [6.07, 6.45) is 0. The summed E-state index contributed by atoms with van der Waals surface area (Å²) in [7, 11) is -6.00. The number of methoxy groups -OCH3 is 2. The van der Waals surface area contributed by atoms with Gasteiger partial charge in [0, 0.05) is 12.1 Å². The molecule has 0 atom stereocenters. The summed E-state index contributed by atoms with van der Waals surface area (Å²) >= 11 is 0. The summed E-state index contributed by atoms with van der Waals surface area (Å²) in [6.45, 7) is 0. The van der Waals surface area contributed by atoms with E-state index in [1.54, 1.807) is 12.1 Å². The topological polar surface area (TPSA) is 218 Å². The van der Waals surface area contributed by atoms with Crippen LogP contribution < -0.4 is 49.7 Å². The number of anilines is 2. The number of ether oxygens (including phenoxy) is 2. The van der Waals surface area contributed by atoms with Crippen LogP contribution in [0.15, 0.2) is 115 Å². The summed E-state index contributed by atoms with van der Waals surface area (Å²) < 4.78 is 74.4. The third-order valence-electron chi connectivity index (χ3n) is 5.66. The number of carbonyl (C=O) groups is 1. The predicted octanol–water partition coefficient (Wildman–Crippen LogP) is 3.68. The maximum absolute atomic E-state index is 12.8. The van der Waals surface area contributed by atoms with Crippen LogP contribution >= 0.6 is 0 Å². The molecule has 4 N–H and O–H groups in total. The predicted molar refractivity (Wildman–Crippen MR) is 159 cm³/mol. The van der Waals surface area contributed by atoms with Gasteiger partial charge in [0.15, 0.2) is 0 Å². The first-order valence-electron chi connectivity index (χ1n) is 12.3. The molecule has 4 aromatic rings. The molecule has 0 saturated heterocycles. The maximum Gasteiger partial charge on any atom is 1.00 e. The smallest absolute Gasteiger partial charge is 0.494 e. The Hall–Kier alpha value is -4.23. The molecule has 228 valence electrons. The fraction of sp³-hybridized carbons (Fsp3) is 0.0741. The number of nitrogens with one attached hydrogen (secondary N) is 2. The average Bonchev–Trinajstić information content (AvgIpc) is 2.99. The van der Waals surface area contributed by atoms with E-state index in [4.69, 9.17) is 9.47 Å². The molecular weight excluding hydrogens is 639 g/mol. The SMILES string of the molecule is COc1cc(N=Nc2cccc(S(=O)(=O)O)c2)ccc1NC(=O)Nc1ccc(N=Nc2cccc(S(=O)(=O)O)c2)cc1OC.[Na+]. The van der Waals surface area contributed by atoms with Gasteiger partial charge >= 0.3 is 35.6 Å². The van der Waals surface area contributed by atoms with Crippen molar-refractivity contribution in [3.63, 3.8) is 0 Å². The van der Waals surface area contributed by atoms with Crippen LogP contribution in [-0.2, 0) is 20.2 Å². The summed E-state index contributed by atoms with van der Waals surface area (Å²) in [5, 5.41) is 21.4. The van der Waals surface area contributed by atoms with E-state index >= 15 is 0 Å². The zero-order chi connectivity index (χ0) is 31.9. The molecule has 0 fully saturated rings. The van der Waals surface area contributed by atoms with Gasteiger partial charge in [0.2, 0.25) is 0 Å². The van der Waals surface area contributed by atoms with Crippen LogP contribution in [0, 0.1) is 0 Å². The fourth-order valence-corrected chi connectivity index (χ4v) is 4.65. The summed E-state index contributed by atoms with van der Waals surface area (Å²) in [4.78, 5) is 12.1. The molecule has 2 amide bonds. The third kappa shape index (κ3) is 9.88. The Balaban J connectivity index is 0.00000552. The Labute approximate surface area is 280 Å². The van der Waals surface area contributed by atoms with E-state index in [1.807, 2.05) is 0 Å². The second-order valence-corrected chi connectivity index (χ2v) is 11.5. The van der Waals surface area contributed by atoms with Crippen molar-refractivity contribution in [1.82, 2.24) is 0 Å². The summed E-state index contributed by atoms with van der Waals surface area (Å²) in [5.74, 6) is 0.508. The molecule has 0 heterocycles. The molecule has 0 aliphatic rings. The van der Waals surface area contributed by atoms with Crippen molar-refractivity contribution in [3.05, 3.63) is 84.9 Å². The number of rotatable bonds is 10. The zero-order valence-corrected chi connectivity index (χ0v) is 27.6. The number of hydrogen-bond donors (Lipinski definition) is 4. The van der Waals surface area contributed by atoms with E-state index in [9.17, 15) is 30.7 Å². The number of hydrogen-bond acceptors (Lipinski definition) is 11. The molecule has 0 spiro atoms. The Bertz CT molecular complexity index is 1850. The molecular formula is C27H24N6NaO9S2+. The summed E-state index contributed by atoms with van der Waals surface area (Å²) in [5.41, 5.74) is 1.65. The van der Waals surface area contributed by atoms with Crippen LogP contribution in [0.3, 0.4) is 0 Å². The van der Waals surface area contributed by atoms with Crippen LogP contribution in [0.4, 0.5) is 38.9 Å². The number of urea groups is 1. The summed E-state index contributed by atoms with van der Waals surface area (Å²) in [6, 6.07) is 19.1. The number of amides is 2. The van der Waals surface area contributed by atoms with Gasteiger partial charge in [-0.25, -0.2) is 4.79 Å².